The van der Waals surface area contributed by atoms with Gasteiger partial charge in [-0.05, 0) is 17.7 Å². The smallest absolute Gasteiger partial charge is 0.332 e. The van der Waals surface area contributed by atoms with E-state index in [-0.39, 0.29) is 6.61 Å². The minimum absolute atomic E-state index is 0.173. The Morgan fingerprint density at radius 3 is 2.47 bits per heavy atom. The molecule has 0 aromatic heterocycles. The van der Waals surface area contributed by atoms with Crippen LogP contribution in [0.5, 0.6) is 0 Å². The first kappa shape index (κ1) is 11.7. The summed E-state index contributed by atoms with van der Waals surface area (Å²) >= 11 is 3.28. The number of nitrogens with two attached hydrogens (primary N) is 1. The second-order valence-electron chi connectivity index (χ2n) is 2.71. The molecule has 0 heterocycles. The highest BCUT2D eigenvalue weighted by Crippen LogP contribution is 2.10. The Morgan fingerprint density at radius 1 is 1.33 bits per heavy atom. The van der Waals surface area contributed by atoms with Crippen LogP contribution in [0, 0.1) is 0 Å². The summed E-state index contributed by atoms with van der Waals surface area (Å²) < 4.78 is 0.951. The molecule has 6 heteroatoms. The van der Waals surface area contributed by atoms with Crippen molar-refractivity contribution < 1.29 is 14.4 Å². The van der Waals surface area contributed by atoms with Crippen LogP contribution in [0.4, 0.5) is 0 Å². The number of primary amides is 1. The van der Waals surface area contributed by atoms with Crippen LogP contribution in [-0.4, -0.2) is 11.8 Å². The fraction of sp³-hybridized carbons (Fsp3) is 0.111. The normalized spacial score (nSPS) is 9.67. The molecule has 15 heavy (non-hydrogen) atoms. The molecule has 0 saturated carbocycles. The minimum atomic E-state index is -1.08. The molecule has 0 aliphatic rings. The Kier molecular flexibility index (Phi) is 4.26. The number of nitrogens with one attached hydrogen (secondary N) is 1. The number of hydrogen-bond acceptors (Lipinski definition) is 3. The summed E-state index contributed by atoms with van der Waals surface area (Å²) in [5, 5.41) is 0. The molecule has 0 radical (unpaired) electrons. The molecule has 0 unspecified atom stereocenters. The molecule has 0 atom stereocenters. The predicted octanol–water partition coefficient (Wildman–Crippen LogP) is 0.482. The van der Waals surface area contributed by atoms with E-state index < -0.39 is 11.8 Å². The molecule has 5 nitrogen and oxygen atoms in total. The van der Waals surface area contributed by atoms with Gasteiger partial charge in [-0.15, -0.1) is 0 Å². The topological polar surface area (TPSA) is 81.4 Å². The molecular weight excluding hydrogens is 264 g/mol. The van der Waals surface area contributed by atoms with Crippen molar-refractivity contribution in [2.45, 2.75) is 6.61 Å². The van der Waals surface area contributed by atoms with Crippen LogP contribution in [0.3, 0.4) is 0 Å². The molecule has 3 N–H and O–H groups in total. The lowest BCUT2D eigenvalue weighted by atomic mass is 10.2. The second kappa shape index (κ2) is 5.47. The summed E-state index contributed by atoms with van der Waals surface area (Å²) in [5.74, 6) is -2.04. The maximum absolute atomic E-state index is 10.7. The summed E-state index contributed by atoms with van der Waals surface area (Å²) in [6.07, 6.45) is 0. The molecule has 0 spiro atoms. The third-order valence-electron chi connectivity index (χ3n) is 1.54. The first-order valence-electron chi connectivity index (χ1n) is 4.05. The number of hydroxylamine groups is 1. The van der Waals surface area contributed by atoms with Crippen molar-refractivity contribution >= 4 is 27.7 Å². The van der Waals surface area contributed by atoms with Crippen LogP contribution in [0.1, 0.15) is 5.56 Å². The van der Waals surface area contributed by atoms with Crippen molar-refractivity contribution in [3.8, 4) is 0 Å². The van der Waals surface area contributed by atoms with Gasteiger partial charge in [0.05, 0.1) is 6.61 Å². The Labute approximate surface area is 94.7 Å². The maximum Gasteiger partial charge on any atom is 0.332 e. The molecule has 1 rings (SSSR count). The predicted molar refractivity (Wildman–Crippen MR) is 56.3 cm³/mol. The van der Waals surface area contributed by atoms with Gasteiger partial charge in [0, 0.05) is 4.47 Å². The zero-order valence-corrected chi connectivity index (χ0v) is 9.28. The van der Waals surface area contributed by atoms with Gasteiger partial charge in [0.2, 0.25) is 0 Å². The largest absolute Gasteiger partial charge is 0.361 e. The van der Waals surface area contributed by atoms with Gasteiger partial charge in [-0.2, -0.15) is 0 Å². The second-order valence-corrected chi connectivity index (χ2v) is 3.63. The Hall–Kier alpha value is -1.40. The summed E-state index contributed by atoms with van der Waals surface area (Å²) in [6, 6.07) is 7.32. The molecule has 80 valence electrons. The van der Waals surface area contributed by atoms with Gasteiger partial charge in [-0.25, -0.2) is 5.48 Å². The number of hydrogen-bond donors (Lipinski definition) is 2. The molecule has 0 saturated heterocycles. The van der Waals surface area contributed by atoms with Crippen LogP contribution < -0.4 is 11.2 Å². The van der Waals surface area contributed by atoms with E-state index in [4.69, 9.17) is 10.6 Å². The number of benzene rings is 1. The first-order chi connectivity index (χ1) is 7.09. The molecule has 2 amide bonds. The van der Waals surface area contributed by atoms with E-state index in [2.05, 4.69) is 15.9 Å². The highest BCUT2D eigenvalue weighted by molar-refractivity contribution is 9.10. The molecule has 1 aromatic carbocycles. The van der Waals surface area contributed by atoms with Gasteiger partial charge < -0.3 is 5.73 Å². The summed E-state index contributed by atoms with van der Waals surface area (Å²) in [7, 11) is 0. The van der Waals surface area contributed by atoms with Crippen molar-refractivity contribution in [3.05, 3.63) is 34.3 Å². The first-order valence-corrected chi connectivity index (χ1v) is 4.85. The van der Waals surface area contributed by atoms with Crippen LogP contribution in [0.15, 0.2) is 28.7 Å². The van der Waals surface area contributed by atoms with Gasteiger partial charge in [0.15, 0.2) is 0 Å². The third-order valence-corrected chi connectivity index (χ3v) is 2.07. The number of carbonyl (C=O) groups is 2. The van der Waals surface area contributed by atoms with Crippen molar-refractivity contribution in [3.63, 3.8) is 0 Å². The highest BCUT2D eigenvalue weighted by Gasteiger charge is 2.07. The fourth-order valence-electron chi connectivity index (χ4n) is 0.816. The Balaban J connectivity index is 2.35. The van der Waals surface area contributed by atoms with E-state index in [1.807, 2.05) is 29.7 Å². The molecule has 0 aliphatic carbocycles. The number of rotatable bonds is 3. The molecule has 0 fully saturated rings. The molecule has 0 bridgehead atoms. The fourth-order valence-corrected chi connectivity index (χ4v) is 1.08. The van der Waals surface area contributed by atoms with Crippen LogP contribution in [-0.2, 0) is 21.0 Å². The van der Waals surface area contributed by atoms with Gasteiger partial charge in [-0.3, -0.25) is 14.4 Å². The Bertz CT molecular complexity index is 364. The lowest BCUT2D eigenvalue weighted by molar-refractivity contribution is -0.146. The van der Waals surface area contributed by atoms with Gasteiger partial charge in [-0.1, -0.05) is 28.1 Å². The average Bonchev–Trinajstić information content (AvgIpc) is 2.20. The number of carbonyl (C=O) groups excluding carboxylic acids is 2. The van der Waals surface area contributed by atoms with Crippen molar-refractivity contribution in [1.29, 1.82) is 0 Å². The third kappa shape index (κ3) is 4.09. The summed E-state index contributed by atoms with van der Waals surface area (Å²) in [4.78, 5) is 25.7. The van der Waals surface area contributed by atoms with Gasteiger partial charge in [0.1, 0.15) is 0 Å². The van der Waals surface area contributed by atoms with E-state index in [1.54, 1.807) is 0 Å². The van der Waals surface area contributed by atoms with E-state index in [1.165, 1.54) is 0 Å². The summed E-state index contributed by atoms with van der Waals surface area (Å²) in [6.45, 7) is 0.173. The number of amides is 2. The van der Waals surface area contributed by atoms with Crippen LogP contribution >= 0.6 is 15.9 Å². The van der Waals surface area contributed by atoms with Crippen LogP contribution in [0.2, 0.25) is 0 Å². The SMILES string of the molecule is NC(=O)C(=O)NOCc1ccc(Br)cc1. The van der Waals surface area contributed by atoms with Crippen molar-refractivity contribution in [1.82, 2.24) is 5.48 Å². The zero-order valence-electron chi connectivity index (χ0n) is 7.70. The Morgan fingerprint density at radius 2 is 1.93 bits per heavy atom. The van der Waals surface area contributed by atoms with Gasteiger partial charge >= 0.3 is 11.8 Å². The lowest BCUT2D eigenvalue weighted by Gasteiger charge is -2.03. The van der Waals surface area contributed by atoms with E-state index in [0.29, 0.717) is 0 Å². The minimum Gasteiger partial charge on any atom is -0.361 e. The monoisotopic (exact) mass is 272 g/mol. The van der Waals surface area contributed by atoms with E-state index >= 15 is 0 Å². The highest BCUT2D eigenvalue weighted by atomic mass is 79.9. The molecular formula is C9H9BrN2O3. The van der Waals surface area contributed by atoms with E-state index in [0.717, 1.165) is 10.0 Å². The summed E-state index contributed by atoms with van der Waals surface area (Å²) in [5.41, 5.74) is 7.48. The lowest BCUT2D eigenvalue weighted by Crippen LogP contribution is -2.35. The zero-order chi connectivity index (χ0) is 11.3. The van der Waals surface area contributed by atoms with Crippen molar-refractivity contribution in [2.75, 3.05) is 0 Å². The molecule has 0 aliphatic heterocycles. The quantitative estimate of drug-likeness (QED) is 0.621. The van der Waals surface area contributed by atoms with Crippen LogP contribution in [0.25, 0.3) is 0 Å². The van der Waals surface area contributed by atoms with Gasteiger partial charge in [0.25, 0.3) is 0 Å². The maximum atomic E-state index is 10.7. The number of halogens is 1. The van der Waals surface area contributed by atoms with E-state index in [9.17, 15) is 9.59 Å². The standard InChI is InChI=1S/C9H9BrN2O3/c10-7-3-1-6(2-4-7)5-15-12-9(14)8(11)13/h1-4H,5H2,(H2,11,13)(H,12,14). The van der Waals surface area contributed by atoms with Crippen molar-refractivity contribution in [2.24, 2.45) is 5.73 Å². The average molecular weight is 273 g/mol. The molecule has 1 aromatic rings.